The van der Waals surface area contributed by atoms with Crippen molar-refractivity contribution in [2.24, 2.45) is 0 Å². The number of hydrogen-bond donors (Lipinski definition) is 2. The Morgan fingerprint density at radius 2 is 1.77 bits per heavy atom. The first-order valence-electron chi connectivity index (χ1n) is 9.11. The maximum Gasteiger partial charge on any atom is 0.433 e. The van der Waals surface area contributed by atoms with E-state index in [9.17, 15) is 22.5 Å². The van der Waals surface area contributed by atoms with Gasteiger partial charge in [0, 0.05) is 43.1 Å². The van der Waals surface area contributed by atoms with Gasteiger partial charge in [-0.25, -0.2) is 0 Å². The second kappa shape index (κ2) is 8.98. The van der Waals surface area contributed by atoms with Crippen molar-refractivity contribution in [3.63, 3.8) is 0 Å². The number of hydrogen-bond acceptors (Lipinski definition) is 6. The highest BCUT2D eigenvalue weighted by atomic mass is 32.2. The van der Waals surface area contributed by atoms with E-state index in [-0.39, 0.29) is 23.4 Å². The zero-order chi connectivity index (χ0) is 22.8. The number of anilines is 2. The lowest BCUT2D eigenvalue weighted by atomic mass is 10.1. The molecule has 164 valence electrons. The fourth-order valence-electron chi connectivity index (χ4n) is 2.96. The minimum atomic E-state index is -4.72. The van der Waals surface area contributed by atoms with Gasteiger partial charge in [0.2, 0.25) is 0 Å². The molecule has 1 atom stereocenters. The molecule has 0 saturated carbocycles. The van der Waals surface area contributed by atoms with Crippen molar-refractivity contribution < 1.29 is 17.7 Å². The molecule has 7 nitrogen and oxygen atoms in total. The summed E-state index contributed by atoms with van der Waals surface area (Å²) in [4.78, 5) is 19.7. The minimum absolute atomic E-state index is 0.0669. The number of benzene rings is 1. The highest BCUT2D eigenvalue weighted by Gasteiger charge is 2.35. The number of alkyl halides is 3. The molecule has 0 aliphatic rings. The summed E-state index contributed by atoms with van der Waals surface area (Å²) < 4.78 is 52.8. The molecule has 2 aromatic heterocycles. The standard InChI is InChI=1S/C20H20F3N5O2S/c1-24-14-6-4-12(8-16(14)25-2)10-28-11-13(5-7-18(28)29)15-9-17(20(21,22)23)27-19(26-15)31(3)30/h4-9,11,24-25H,10H2,1-3H3. The second-order valence-electron chi connectivity index (χ2n) is 6.64. The maximum absolute atomic E-state index is 13.2. The number of halogens is 3. The Kier molecular flexibility index (Phi) is 6.56. The highest BCUT2D eigenvalue weighted by Crippen LogP contribution is 2.31. The van der Waals surface area contributed by atoms with Crippen LogP contribution in [0.5, 0.6) is 0 Å². The molecule has 31 heavy (non-hydrogen) atoms. The highest BCUT2D eigenvalue weighted by molar-refractivity contribution is 7.90. The number of rotatable bonds is 6. The predicted octanol–water partition coefficient (Wildman–Crippen LogP) is 3.19. The van der Waals surface area contributed by atoms with Crippen LogP contribution < -0.4 is 16.2 Å². The molecule has 0 saturated heterocycles. The van der Waals surface area contributed by atoms with Crippen LogP contribution in [-0.2, 0) is 23.9 Å². The third-order valence-corrected chi connectivity index (χ3v) is 5.20. The summed E-state index contributed by atoms with van der Waals surface area (Å²) in [5, 5.41) is 5.68. The van der Waals surface area contributed by atoms with Gasteiger partial charge in [-0.05, 0) is 29.8 Å². The van der Waals surface area contributed by atoms with Gasteiger partial charge < -0.3 is 19.8 Å². The fraction of sp³-hybridized carbons (Fsp3) is 0.250. The minimum Gasteiger partial charge on any atom is -0.609 e. The van der Waals surface area contributed by atoms with E-state index in [1.54, 1.807) is 14.1 Å². The molecular weight excluding hydrogens is 431 g/mol. The SMILES string of the molecule is CNc1ccc(Cn2cc(-c3cc(C(F)(F)F)nc([S+](C)[O-])n3)ccc2=O)cc1NC. The van der Waals surface area contributed by atoms with Crippen LogP contribution in [0.4, 0.5) is 24.5 Å². The van der Waals surface area contributed by atoms with Crippen molar-refractivity contribution in [3.8, 4) is 11.3 Å². The van der Waals surface area contributed by atoms with Crippen LogP contribution in [0.25, 0.3) is 11.3 Å². The van der Waals surface area contributed by atoms with E-state index in [4.69, 9.17) is 0 Å². The molecule has 0 fully saturated rings. The molecule has 0 aliphatic carbocycles. The topological polar surface area (TPSA) is 94.9 Å². The van der Waals surface area contributed by atoms with Crippen molar-refractivity contribution in [2.75, 3.05) is 31.0 Å². The molecule has 2 heterocycles. The van der Waals surface area contributed by atoms with Crippen LogP contribution in [0, 0.1) is 0 Å². The van der Waals surface area contributed by atoms with E-state index in [1.807, 2.05) is 18.2 Å². The lowest BCUT2D eigenvalue weighted by Crippen LogP contribution is -2.19. The van der Waals surface area contributed by atoms with Crippen LogP contribution in [0.2, 0.25) is 0 Å². The van der Waals surface area contributed by atoms with Crippen molar-refractivity contribution in [2.45, 2.75) is 17.9 Å². The van der Waals surface area contributed by atoms with Crippen LogP contribution in [-0.4, -0.2) is 39.4 Å². The van der Waals surface area contributed by atoms with Gasteiger partial charge in [0.15, 0.2) is 5.69 Å². The van der Waals surface area contributed by atoms with Gasteiger partial charge in [-0.3, -0.25) is 4.79 Å². The third kappa shape index (κ3) is 5.17. The fourth-order valence-corrected chi connectivity index (χ4v) is 3.42. The summed E-state index contributed by atoms with van der Waals surface area (Å²) in [6.07, 6.45) is -2.09. The number of nitrogens with zero attached hydrogens (tertiary/aromatic N) is 3. The molecular formula is C20H20F3N5O2S. The zero-order valence-corrected chi connectivity index (χ0v) is 17.8. The molecule has 1 aromatic carbocycles. The van der Waals surface area contributed by atoms with Gasteiger partial charge in [-0.1, -0.05) is 6.07 Å². The van der Waals surface area contributed by atoms with Crippen molar-refractivity contribution >= 4 is 22.6 Å². The van der Waals surface area contributed by atoms with Crippen molar-refractivity contribution in [1.82, 2.24) is 14.5 Å². The molecule has 3 rings (SSSR count). The van der Waals surface area contributed by atoms with Crippen molar-refractivity contribution in [1.29, 1.82) is 0 Å². The Labute approximate surface area is 179 Å². The van der Waals surface area contributed by atoms with Gasteiger partial charge in [0.25, 0.3) is 5.56 Å². The summed E-state index contributed by atoms with van der Waals surface area (Å²) in [6.45, 7) is 0.203. The van der Waals surface area contributed by atoms with Gasteiger partial charge >= 0.3 is 11.3 Å². The predicted molar refractivity (Wildman–Crippen MR) is 114 cm³/mol. The van der Waals surface area contributed by atoms with E-state index < -0.39 is 28.2 Å². The van der Waals surface area contributed by atoms with Crippen LogP contribution in [0.15, 0.2) is 52.5 Å². The van der Waals surface area contributed by atoms with E-state index in [0.29, 0.717) is 0 Å². The summed E-state index contributed by atoms with van der Waals surface area (Å²) in [6, 6.07) is 8.99. The monoisotopic (exact) mass is 451 g/mol. The summed E-state index contributed by atoms with van der Waals surface area (Å²) in [5.74, 6) is 0. The third-order valence-electron chi connectivity index (χ3n) is 4.51. The number of nitrogens with one attached hydrogen (secondary N) is 2. The Morgan fingerprint density at radius 3 is 2.39 bits per heavy atom. The summed E-state index contributed by atoms with van der Waals surface area (Å²) in [5.41, 5.74) is 1.23. The molecule has 0 spiro atoms. The summed E-state index contributed by atoms with van der Waals surface area (Å²) in [7, 11) is 3.56. The number of aromatic nitrogens is 3. The Hall–Kier alpha value is -3.05. The smallest absolute Gasteiger partial charge is 0.433 e. The first kappa shape index (κ1) is 22.6. The van der Waals surface area contributed by atoms with Gasteiger partial charge in [0.05, 0.1) is 23.6 Å². The van der Waals surface area contributed by atoms with Gasteiger partial charge in [-0.15, -0.1) is 0 Å². The normalized spacial score (nSPS) is 12.5. The summed E-state index contributed by atoms with van der Waals surface area (Å²) >= 11 is -1.81. The molecule has 0 amide bonds. The van der Waals surface area contributed by atoms with E-state index in [2.05, 4.69) is 20.6 Å². The van der Waals surface area contributed by atoms with Gasteiger partial charge in [0.1, 0.15) is 6.26 Å². The molecule has 3 aromatic rings. The maximum atomic E-state index is 13.2. The molecule has 0 bridgehead atoms. The van der Waals surface area contributed by atoms with E-state index in [0.717, 1.165) is 23.0 Å². The second-order valence-corrected chi connectivity index (χ2v) is 7.91. The first-order valence-corrected chi connectivity index (χ1v) is 10.7. The Balaban J connectivity index is 2.04. The lowest BCUT2D eigenvalue weighted by molar-refractivity contribution is -0.141. The molecule has 11 heteroatoms. The zero-order valence-electron chi connectivity index (χ0n) is 16.9. The number of pyridine rings is 1. The average molecular weight is 451 g/mol. The Bertz CT molecular complexity index is 1150. The first-order chi connectivity index (χ1) is 14.6. The van der Waals surface area contributed by atoms with Crippen molar-refractivity contribution in [3.05, 3.63) is 64.2 Å². The lowest BCUT2D eigenvalue weighted by Gasteiger charge is -2.13. The quantitative estimate of drug-likeness (QED) is 0.442. The molecule has 1 unspecified atom stereocenters. The molecule has 0 radical (unpaired) electrons. The average Bonchev–Trinajstić information content (AvgIpc) is 2.74. The van der Waals surface area contributed by atoms with Crippen LogP contribution >= 0.6 is 0 Å². The largest absolute Gasteiger partial charge is 0.609 e. The van der Waals surface area contributed by atoms with E-state index in [1.165, 1.54) is 29.2 Å². The molecule has 2 N–H and O–H groups in total. The Morgan fingerprint density at radius 1 is 1.06 bits per heavy atom. The molecule has 0 aliphatic heterocycles. The van der Waals surface area contributed by atoms with Crippen LogP contribution in [0.1, 0.15) is 11.3 Å². The van der Waals surface area contributed by atoms with Gasteiger partial charge in [-0.2, -0.15) is 23.1 Å². The van der Waals surface area contributed by atoms with E-state index >= 15 is 0 Å². The van der Waals surface area contributed by atoms with Crippen LogP contribution in [0.3, 0.4) is 0 Å².